The first-order valence-corrected chi connectivity index (χ1v) is 10.2. The molecule has 0 N–H and O–H groups in total. The minimum Gasteiger partial charge on any atom is -0.0834 e. The molecule has 1 saturated carbocycles. The van der Waals surface area contributed by atoms with Crippen LogP contribution in [-0.2, 0) is 0 Å². The van der Waals surface area contributed by atoms with Gasteiger partial charge in [0.05, 0.1) is 10.1 Å². The van der Waals surface area contributed by atoms with E-state index in [1.807, 2.05) is 48.5 Å². The Balaban J connectivity index is 2.07. The molecule has 0 spiro atoms. The molecule has 2 aromatic rings. The minimum atomic E-state index is 0.812. The third-order valence-electron chi connectivity index (χ3n) is 4.19. The molecule has 1 aliphatic carbocycles. The molecule has 1 aliphatic rings. The van der Waals surface area contributed by atoms with Crippen LogP contribution in [-0.4, -0.2) is 0 Å². The second-order valence-corrected chi connectivity index (χ2v) is 8.39. The van der Waals surface area contributed by atoms with E-state index in [-0.39, 0.29) is 0 Å². The van der Waals surface area contributed by atoms with E-state index in [1.54, 1.807) is 0 Å². The average molecular weight is 487 g/mol. The molecular formula is C20H16Br2Cl2. The summed E-state index contributed by atoms with van der Waals surface area (Å²) in [7, 11) is 0. The fraction of sp³-hybridized carbons (Fsp3) is 0.200. The van der Waals surface area contributed by atoms with Crippen molar-refractivity contribution in [2.24, 2.45) is 0 Å². The Morgan fingerprint density at radius 3 is 1.29 bits per heavy atom. The lowest BCUT2D eigenvalue weighted by atomic mass is 9.87. The van der Waals surface area contributed by atoms with Crippen molar-refractivity contribution in [3.05, 3.63) is 79.7 Å². The zero-order valence-corrected chi connectivity index (χ0v) is 17.6. The first kappa shape index (κ1) is 18.3. The Kier molecular flexibility index (Phi) is 6.26. The molecule has 2 aromatic carbocycles. The van der Waals surface area contributed by atoms with Gasteiger partial charge < -0.3 is 0 Å². The van der Waals surface area contributed by atoms with Gasteiger partial charge in [-0.05, 0) is 72.2 Å². The SMILES string of the molecule is Cl/C(=C1/CCCC/C1=C(/Cl)c1ccc(Br)cc1)c1ccc(Br)cc1. The van der Waals surface area contributed by atoms with Crippen LogP contribution in [0.3, 0.4) is 0 Å². The van der Waals surface area contributed by atoms with Crippen LogP contribution in [0.4, 0.5) is 0 Å². The fourth-order valence-electron chi connectivity index (χ4n) is 2.93. The Morgan fingerprint density at radius 1 is 0.625 bits per heavy atom. The number of hydrogen-bond donors (Lipinski definition) is 0. The van der Waals surface area contributed by atoms with Crippen molar-refractivity contribution in [3.63, 3.8) is 0 Å². The molecule has 4 heteroatoms. The molecule has 0 aromatic heterocycles. The quantitative estimate of drug-likeness (QED) is 0.399. The van der Waals surface area contributed by atoms with E-state index in [1.165, 1.54) is 11.1 Å². The van der Waals surface area contributed by atoms with E-state index in [0.29, 0.717) is 0 Å². The molecule has 24 heavy (non-hydrogen) atoms. The zero-order chi connectivity index (χ0) is 17.1. The van der Waals surface area contributed by atoms with E-state index >= 15 is 0 Å². The molecule has 0 aliphatic heterocycles. The van der Waals surface area contributed by atoms with Gasteiger partial charge in [-0.25, -0.2) is 0 Å². The Hall–Kier alpha value is -0.540. The molecule has 0 saturated heterocycles. The summed E-state index contributed by atoms with van der Waals surface area (Å²) in [6, 6.07) is 16.2. The van der Waals surface area contributed by atoms with Crippen LogP contribution in [0.2, 0.25) is 0 Å². The van der Waals surface area contributed by atoms with Gasteiger partial charge in [-0.1, -0.05) is 79.3 Å². The summed E-state index contributed by atoms with van der Waals surface area (Å²) < 4.78 is 2.10. The molecular weight excluding hydrogens is 471 g/mol. The maximum atomic E-state index is 6.75. The first-order valence-electron chi connectivity index (χ1n) is 7.86. The van der Waals surface area contributed by atoms with Crippen molar-refractivity contribution in [1.29, 1.82) is 0 Å². The van der Waals surface area contributed by atoms with Crippen molar-refractivity contribution in [2.75, 3.05) is 0 Å². The predicted molar refractivity (Wildman–Crippen MR) is 112 cm³/mol. The molecule has 0 unspecified atom stereocenters. The molecule has 0 heterocycles. The van der Waals surface area contributed by atoms with Gasteiger partial charge in [-0.3, -0.25) is 0 Å². The topological polar surface area (TPSA) is 0 Å². The van der Waals surface area contributed by atoms with Gasteiger partial charge >= 0.3 is 0 Å². The number of benzene rings is 2. The molecule has 1 fully saturated rings. The molecule has 0 atom stereocenters. The molecule has 0 radical (unpaired) electrons. The summed E-state index contributed by atoms with van der Waals surface area (Å²) in [5.41, 5.74) is 4.43. The summed E-state index contributed by atoms with van der Waals surface area (Å²) in [6.07, 6.45) is 4.24. The van der Waals surface area contributed by atoms with Gasteiger partial charge in [0.2, 0.25) is 0 Å². The molecule has 0 bridgehead atoms. The third-order valence-corrected chi connectivity index (χ3v) is 6.14. The Labute approximate surface area is 169 Å². The fourth-order valence-corrected chi connectivity index (χ4v) is 4.13. The number of allylic oxidation sites excluding steroid dienone is 2. The van der Waals surface area contributed by atoms with Crippen LogP contribution in [0.5, 0.6) is 0 Å². The lowest BCUT2D eigenvalue weighted by Gasteiger charge is -2.22. The van der Waals surface area contributed by atoms with E-state index < -0.39 is 0 Å². The van der Waals surface area contributed by atoms with Crippen LogP contribution < -0.4 is 0 Å². The summed E-state index contributed by atoms with van der Waals surface area (Å²) in [5, 5.41) is 1.62. The van der Waals surface area contributed by atoms with Crippen molar-refractivity contribution in [2.45, 2.75) is 25.7 Å². The van der Waals surface area contributed by atoms with Crippen LogP contribution >= 0.6 is 55.1 Å². The highest BCUT2D eigenvalue weighted by Gasteiger charge is 2.20. The van der Waals surface area contributed by atoms with Crippen LogP contribution in [0, 0.1) is 0 Å². The highest BCUT2D eigenvalue weighted by molar-refractivity contribution is 9.10. The van der Waals surface area contributed by atoms with E-state index in [0.717, 1.165) is 55.8 Å². The second-order valence-electron chi connectivity index (χ2n) is 5.81. The Morgan fingerprint density at radius 2 is 0.958 bits per heavy atom. The molecule has 3 rings (SSSR count). The summed E-state index contributed by atoms with van der Waals surface area (Å²) in [4.78, 5) is 0. The van der Waals surface area contributed by atoms with Gasteiger partial charge in [0.1, 0.15) is 0 Å². The van der Waals surface area contributed by atoms with E-state index in [9.17, 15) is 0 Å². The number of halogens is 4. The van der Waals surface area contributed by atoms with Crippen LogP contribution in [0.15, 0.2) is 68.6 Å². The van der Waals surface area contributed by atoms with Crippen LogP contribution in [0.1, 0.15) is 36.8 Å². The Bertz CT molecular complexity index is 718. The summed E-state index contributed by atoms with van der Waals surface area (Å²) in [6.45, 7) is 0. The maximum absolute atomic E-state index is 6.75. The van der Waals surface area contributed by atoms with Crippen LogP contribution in [0.25, 0.3) is 10.1 Å². The maximum Gasteiger partial charge on any atom is 0.0513 e. The van der Waals surface area contributed by atoms with E-state index in [4.69, 9.17) is 23.2 Å². The summed E-state index contributed by atoms with van der Waals surface area (Å²) in [5.74, 6) is 0. The van der Waals surface area contributed by atoms with Gasteiger partial charge in [0, 0.05) is 8.95 Å². The van der Waals surface area contributed by atoms with Gasteiger partial charge in [-0.15, -0.1) is 0 Å². The average Bonchev–Trinajstić information content (AvgIpc) is 2.62. The van der Waals surface area contributed by atoms with Crippen molar-refractivity contribution < 1.29 is 0 Å². The molecule has 124 valence electrons. The first-order chi connectivity index (χ1) is 11.6. The lowest BCUT2D eigenvalue weighted by Crippen LogP contribution is -2.02. The minimum absolute atomic E-state index is 0.812. The molecule has 0 amide bonds. The number of rotatable bonds is 2. The highest BCUT2D eigenvalue weighted by Crippen LogP contribution is 2.41. The normalized spacial score (nSPS) is 19.2. The second kappa shape index (κ2) is 8.23. The monoisotopic (exact) mass is 484 g/mol. The lowest BCUT2D eigenvalue weighted by molar-refractivity contribution is 0.684. The highest BCUT2D eigenvalue weighted by atomic mass is 79.9. The predicted octanol–water partition coefficient (Wildman–Crippen LogP) is 8.39. The van der Waals surface area contributed by atoms with E-state index in [2.05, 4.69) is 31.9 Å². The van der Waals surface area contributed by atoms with Gasteiger partial charge in [-0.2, -0.15) is 0 Å². The van der Waals surface area contributed by atoms with Crippen molar-refractivity contribution in [1.82, 2.24) is 0 Å². The van der Waals surface area contributed by atoms with Gasteiger partial charge in [0.15, 0.2) is 0 Å². The summed E-state index contributed by atoms with van der Waals surface area (Å²) >= 11 is 20.4. The smallest absolute Gasteiger partial charge is 0.0513 e. The standard InChI is InChI=1S/C20H16Br2Cl2/c21-15-9-5-13(6-10-15)19(23)17-3-1-2-4-18(17)20(24)14-7-11-16(22)12-8-14/h5-12H,1-4H2/b19-17-,20-18-. The largest absolute Gasteiger partial charge is 0.0834 e. The zero-order valence-electron chi connectivity index (χ0n) is 13.0. The number of hydrogen-bond acceptors (Lipinski definition) is 0. The van der Waals surface area contributed by atoms with Gasteiger partial charge in [0.25, 0.3) is 0 Å². The van der Waals surface area contributed by atoms with Crippen molar-refractivity contribution >= 4 is 65.1 Å². The van der Waals surface area contributed by atoms with Crippen molar-refractivity contribution in [3.8, 4) is 0 Å². The third kappa shape index (κ3) is 4.16. The molecule has 0 nitrogen and oxygen atoms in total.